The van der Waals surface area contributed by atoms with E-state index in [0.717, 1.165) is 12.8 Å². The van der Waals surface area contributed by atoms with Crippen LogP contribution >= 0.6 is 0 Å². The van der Waals surface area contributed by atoms with Crippen molar-refractivity contribution in [1.29, 1.82) is 0 Å². The largest absolute Gasteiger partial charge is 2.00 e. The topological polar surface area (TPSA) is 133 Å². The fraction of sp³-hybridized carbons (Fsp3) is 0.500. The molecule has 59 heavy (non-hydrogen) atoms. The van der Waals surface area contributed by atoms with Crippen molar-refractivity contribution in [2.45, 2.75) is 165 Å². The SMILES string of the molecule is CCCCCCCCCCCCc1ccc(Oc2cccc(S(=O)(=O)[O-])c2)cc1.CCCCCCCCCCCCc1ccc(Oc2cccc(S(=O)(=O)[O-])c2)cc1.[Ca+2]. The predicted octanol–water partition coefficient (Wildman–Crippen LogP) is 13.3. The molecule has 0 amide bonds. The first-order valence-corrected chi connectivity index (χ1v) is 24.4. The quantitative estimate of drug-likeness (QED) is 0.0313. The number of hydrogen-bond donors (Lipinski definition) is 0. The van der Waals surface area contributed by atoms with E-state index in [0.29, 0.717) is 23.0 Å². The van der Waals surface area contributed by atoms with E-state index < -0.39 is 20.2 Å². The van der Waals surface area contributed by atoms with Gasteiger partial charge in [0, 0.05) is 0 Å². The summed E-state index contributed by atoms with van der Waals surface area (Å²) in [4.78, 5) is -0.569. The monoisotopic (exact) mass is 874 g/mol. The Labute approximate surface area is 386 Å². The van der Waals surface area contributed by atoms with Crippen LogP contribution in [0.5, 0.6) is 23.0 Å². The van der Waals surface area contributed by atoms with E-state index in [1.165, 1.54) is 176 Å². The maximum atomic E-state index is 11.1. The normalized spacial score (nSPS) is 11.3. The molecule has 4 aromatic rings. The summed E-state index contributed by atoms with van der Waals surface area (Å²) in [5, 5.41) is 0. The van der Waals surface area contributed by atoms with Gasteiger partial charge < -0.3 is 18.6 Å². The Balaban J connectivity index is 0.000000400. The van der Waals surface area contributed by atoms with Crippen molar-refractivity contribution in [2.75, 3.05) is 0 Å². The number of hydrogen-bond acceptors (Lipinski definition) is 8. The van der Waals surface area contributed by atoms with Crippen molar-refractivity contribution in [3.8, 4) is 23.0 Å². The number of aryl methyl sites for hydroxylation is 2. The molecule has 0 aliphatic carbocycles. The summed E-state index contributed by atoms with van der Waals surface area (Å²) in [6.45, 7) is 4.51. The molecule has 0 fully saturated rings. The average molecular weight is 875 g/mol. The molecule has 320 valence electrons. The molecule has 8 nitrogen and oxygen atoms in total. The molecule has 0 atom stereocenters. The maximum absolute atomic E-state index is 11.1. The molecule has 0 unspecified atom stereocenters. The smallest absolute Gasteiger partial charge is 0.744 e. The summed E-state index contributed by atoms with van der Waals surface area (Å²) in [7, 11) is -8.96. The Morgan fingerprint density at radius 3 is 0.966 bits per heavy atom. The van der Waals surface area contributed by atoms with Gasteiger partial charge in [0.1, 0.15) is 43.2 Å². The summed E-state index contributed by atoms with van der Waals surface area (Å²) >= 11 is 0. The van der Waals surface area contributed by atoms with Gasteiger partial charge in [0.25, 0.3) is 0 Å². The molecule has 0 aliphatic rings. The van der Waals surface area contributed by atoms with Gasteiger partial charge >= 0.3 is 37.7 Å². The van der Waals surface area contributed by atoms with Crippen molar-refractivity contribution in [3.05, 3.63) is 108 Å². The predicted molar refractivity (Wildman–Crippen MR) is 239 cm³/mol. The van der Waals surface area contributed by atoms with E-state index in [4.69, 9.17) is 9.47 Å². The van der Waals surface area contributed by atoms with Crippen molar-refractivity contribution >= 4 is 58.0 Å². The first-order valence-electron chi connectivity index (χ1n) is 21.6. The van der Waals surface area contributed by atoms with Gasteiger partial charge in [-0.2, -0.15) is 0 Å². The zero-order chi connectivity index (χ0) is 41.9. The van der Waals surface area contributed by atoms with Gasteiger partial charge in [-0.1, -0.05) is 166 Å². The minimum atomic E-state index is -4.48. The summed E-state index contributed by atoms with van der Waals surface area (Å²) in [5.74, 6) is 1.92. The second-order valence-electron chi connectivity index (χ2n) is 15.2. The minimum Gasteiger partial charge on any atom is -0.744 e. The van der Waals surface area contributed by atoms with Crippen LogP contribution in [0.3, 0.4) is 0 Å². The number of ether oxygens (including phenoxy) is 2. The Kier molecular flexibility index (Phi) is 27.3. The van der Waals surface area contributed by atoms with E-state index in [2.05, 4.69) is 13.8 Å². The van der Waals surface area contributed by atoms with E-state index >= 15 is 0 Å². The molecular weight excluding hydrogens is 809 g/mol. The summed E-state index contributed by atoms with van der Waals surface area (Å²) in [6, 6.07) is 27.0. The standard InChI is InChI=1S/2C24H34O4S.Ca/c2*1-2-3-4-5-6-7-8-9-10-11-13-21-16-18-22(19-17-21)28-23-14-12-15-24(20-23)29(25,26)27;/h2*12,14-20H,2-11,13H2,1H3,(H,25,26,27);/q;;+2/p-2. The van der Waals surface area contributed by atoms with Crippen LogP contribution in [0.15, 0.2) is 107 Å². The van der Waals surface area contributed by atoms with Gasteiger partial charge in [0.15, 0.2) is 0 Å². The van der Waals surface area contributed by atoms with E-state index in [1.807, 2.05) is 48.5 Å². The van der Waals surface area contributed by atoms with Gasteiger partial charge in [-0.05, 0) is 97.5 Å². The third kappa shape index (κ3) is 24.0. The van der Waals surface area contributed by atoms with Crippen LogP contribution < -0.4 is 9.47 Å². The van der Waals surface area contributed by atoms with Gasteiger partial charge in [-0.3, -0.25) is 0 Å². The molecule has 0 saturated heterocycles. The molecule has 0 N–H and O–H groups in total. The van der Waals surface area contributed by atoms with Gasteiger partial charge in [-0.25, -0.2) is 16.8 Å². The molecule has 4 rings (SSSR count). The molecule has 0 aliphatic heterocycles. The summed E-state index contributed by atoms with van der Waals surface area (Å²) < 4.78 is 78.0. The fourth-order valence-electron chi connectivity index (χ4n) is 6.74. The van der Waals surface area contributed by atoms with Gasteiger partial charge in [0.2, 0.25) is 0 Å². The molecule has 0 spiro atoms. The zero-order valence-electron chi connectivity index (χ0n) is 35.6. The number of benzene rings is 4. The fourth-order valence-corrected chi connectivity index (χ4v) is 7.75. The van der Waals surface area contributed by atoms with Crippen LogP contribution in [0, 0.1) is 0 Å². The van der Waals surface area contributed by atoms with Crippen LogP contribution in [0.2, 0.25) is 0 Å². The molecule has 4 aromatic carbocycles. The maximum Gasteiger partial charge on any atom is 2.00 e. The first-order chi connectivity index (χ1) is 28.0. The van der Waals surface area contributed by atoms with Crippen LogP contribution in [0.25, 0.3) is 0 Å². The van der Waals surface area contributed by atoms with Crippen LogP contribution in [0.1, 0.15) is 153 Å². The van der Waals surface area contributed by atoms with Crippen molar-refractivity contribution < 1.29 is 35.4 Å². The molecule has 0 bridgehead atoms. The second-order valence-corrected chi connectivity index (χ2v) is 18.0. The summed E-state index contributed by atoms with van der Waals surface area (Å²) in [5.41, 5.74) is 2.54. The van der Waals surface area contributed by atoms with Crippen LogP contribution in [-0.2, 0) is 33.1 Å². The summed E-state index contributed by atoms with van der Waals surface area (Å²) in [6.07, 6.45) is 28.8. The Hall–Kier alpha value is -2.44. The Morgan fingerprint density at radius 2 is 0.678 bits per heavy atom. The van der Waals surface area contributed by atoms with E-state index in [1.54, 1.807) is 12.1 Å². The second kappa shape index (κ2) is 30.6. The van der Waals surface area contributed by atoms with Crippen molar-refractivity contribution in [3.63, 3.8) is 0 Å². The van der Waals surface area contributed by atoms with Gasteiger partial charge in [-0.15, -0.1) is 0 Å². The van der Waals surface area contributed by atoms with Crippen LogP contribution in [0.4, 0.5) is 0 Å². The molecule has 0 radical (unpaired) electrons. The third-order valence-corrected chi connectivity index (χ3v) is 11.8. The third-order valence-electron chi connectivity index (χ3n) is 10.1. The van der Waals surface area contributed by atoms with Gasteiger partial charge in [0.05, 0.1) is 9.79 Å². The molecule has 0 heterocycles. The zero-order valence-corrected chi connectivity index (χ0v) is 39.4. The molecule has 0 aromatic heterocycles. The van der Waals surface area contributed by atoms with Crippen molar-refractivity contribution in [2.24, 2.45) is 0 Å². The number of rotatable bonds is 28. The van der Waals surface area contributed by atoms with E-state index in [-0.39, 0.29) is 47.5 Å². The minimum absolute atomic E-state index is 0. The molecular formula is C48H66CaO8S2. The van der Waals surface area contributed by atoms with Crippen LogP contribution in [-0.4, -0.2) is 63.7 Å². The Bertz CT molecular complexity index is 1770. The Morgan fingerprint density at radius 1 is 0.390 bits per heavy atom. The van der Waals surface area contributed by atoms with Crippen molar-refractivity contribution in [1.82, 2.24) is 0 Å². The molecule has 0 saturated carbocycles. The number of unbranched alkanes of at least 4 members (excludes halogenated alkanes) is 18. The van der Waals surface area contributed by atoms with E-state index in [9.17, 15) is 25.9 Å². The first kappa shape index (κ1) is 52.7. The molecule has 11 heteroatoms. The average Bonchev–Trinajstić information content (AvgIpc) is 3.20.